The standard InChI is InChI=1S/C26H24N6O3S/c1-15-12-16(2)29-26(28-15)32-25-22(23(31-32)17-6-4-3-5-7-17)24(36-14-21(34)30-25)18-8-10-19(11-9-18)35-13-20(27)33/h3-12,24H,13-14H2,1-2H3,(H2,27,33)(H,30,34)/t24-/m1/s1. The summed E-state index contributed by atoms with van der Waals surface area (Å²) in [7, 11) is 0. The molecule has 2 aromatic carbocycles. The minimum Gasteiger partial charge on any atom is -0.484 e. The van der Waals surface area contributed by atoms with Crippen LogP contribution in [0.5, 0.6) is 5.75 Å². The molecule has 0 saturated carbocycles. The number of nitrogens with one attached hydrogen (secondary N) is 1. The highest BCUT2D eigenvalue weighted by Crippen LogP contribution is 2.46. The third-order valence-electron chi connectivity index (χ3n) is 5.59. The van der Waals surface area contributed by atoms with E-state index in [2.05, 4.69) is 15.3 Å². The Kier molecular flexibility index (Phi) is 6.43. The summed E-state index contributed by atoms with van der Waals surface area (Å²) in [5.74, 6) is 1.07. The van der Waals surface area contributed by atoms with Crippen LogP contribution in [-0.4, -0.2) is 43.9 Å². The van der Waals surface area contributed by atoms with E-state index in [4.69, 9.17) is 15.6 Å². The van der Waals surface area contributed by atoms with E-state index in [1.54, 1.807) is 16.8 Å². The fourth-order valence-corrected chi connectivity index (χ4v) is 5.25. The number of aryl methyl sites for hydroxylation is 2. The van der Waals surface area contributed by atoms with E-state index >= 15 is 0 Å². The Morgan fingerprint density at radius 3 is 2.47 bits per heavy atom. The van der Waals surface area contributed by atoms with E-state index in [1.165, 1.54) is 11.8 Å². The van der Waals surface area contributed by atoms with Crippen LogP contribution in [0.3, 0.4) is 0 Å². The van der Waals surface area contributed by atoms with Gasteiger partial charge < -0.3 is 15.8 Å². The van der Waals surface area contributed by atoms with Gasteiger partial charge in [0.2, 0.25) is 5.91 Å². The van der Waals surface area contributed by atoms with Gasteiger partial charge in [0.05, 0.1) is 16.7 Å². The number of rotatable bonds is 6. The number of ether oxygens (including phenoxy) is 1. The minimum absolute atomic E-state index is 0.129. The summed E-state index contributed by atoms with van der Waals surface area (Å²) in [4.78, 5) is 33.1. The predicted octanol–water partition coefficient (Wildman–Crippen LogP) is 3.58. The summed E-state index contributed by atoms with van der Waals surface area (Å²) >= 11 is 1.51. The molecule has 5 rings (SSSR count). The van der Waals surface area contributed by atoms with E-state index in [1.807, 2.05) is 62.4 Å². The van der Waals surface area contributed by atoms with Crippen molar-refractivity contribution in [2.24, 2.45) is 5.73 Å². The molecular weight excluding hydrogens is 476 g/mol. The number of carbonyl (C=O) groups excluding carboxylic acids is 2. The minimum atomic E-state index is -0.541. The number of hydrogen-bond acceptors (Lipinski definition) is 7. The topological polar surface area (TPSA) is 125 Å². The number of hydrogen-bond donors (Lipinski definition) is 2. The number of thioether (sulfide) groups is 1. The quantitative estimate of drug-likeness (QED) is 0.414. The molecule has 0 saturated heterocycles. The summed E-state index contributed by atoms with van der Waals surface area (Å²) in [5.41, 5.74) is 10.3. The first kappa shape index (κ1) is 23.6. The summed E-state index contributed by atoms with van der Waals surface area (Å²) in [6.45, 7) is 3.61. The van der Waals surface area contributed by atoms with Crippen molar-refractivity contribution in [1.82, 2.24) is 19.7 Å². The van der Waals surface area contributed by atoms with Crippen LogP contribution in [0.15, 0.2) is 60.7 Å². The fourth-order valence-electron chi connectivity index (χ4n) is 4.12. The number of aromatic nitrogens is 4. The lowest BCUT2D eigenvalue weighted by Crippen LogP contribution is -2.19. The van der Waals surface area contributed by atoms with Gasteiger partial charge in [0.25, 0.3) is 11.9 Å². The molecule has 2 aromatic heterocycles. The first-order chi connectivity index (χ1) is 17.4. The van der Waals surface area contributed by atoms with Gasteiger partial charge in [-0.3, -0.25) is 9.59 Å². The molecule has 0 fully saturated rings. The molecule has 9 nitrogen and oxygen atoms in total. The van der Waals surface area contributed by atoms with E-state index in [0.29, 0.717) is 17.5 Å². The molecule has 0 bridgehead atoms. The molecule has 0 unspecified atom stereocenters. The first-order valence-corrected chi connectivity index (χ1v) is 12.4. The monoisotopic (exact) mass is 500 g/mol. The molecule has 3 N–H and O–H groups in total. The van der Waals surface area contributed by atoms with Crippen molar-refractivity contribution in [3.05, 3.63) is 83.2 Å². The number of benzene rings is 2. The number of fused-ring (bicyclic) bond motifs is 1. The molecule has 1 aliphatic rings. The van der Waals surface area contributed by atoms with Crippen LogP contribution in [0.2, 0.25) is 0 Å². The Morgan fingerprint density at radius 1 is 1.11 bits per heavy atom. The van der Waals surface area contributed by atoms with Crippen molar-refractivity contribution < 1.29 is 14.3 Å². The molecule has 36 heavy (non-hydrogen) atoms. The summed E-state index contributed by atoms with van der Waals surface area (Å²) in [6, 6.07) is 19.2. The van der Waals surface area contributed by atoms with E-state index < -0.39 is 5.91 Å². The number of primary amides is 1. The number of carbonyl (C=O) groups is 2. The van der Waals surface area contributed by atoms with Crippen molar-refractivity contribution in [3.63, 3.8) is 0 Å². The van der Waals surface area contributed by atoms with E-state index in [-0.39, 0.29) is 23.5 Å². The smallest absolute Gasteiger partial charge is 0.255 e. The second-order valence-electron chi connectivity index (χ2n) is 8.40. The van der Waals surface area contributed by atoms with Crippen molar-refractivity contribution >= 4 is 29.4 Å². The van der Waals surface area contributed by atoms with Gasteiger partial charge in [-0.2, -0.15) is 9.78 Å². The summed E-state index contributed by atoms with van der Waals surface area (Å²) < 4.78 is 7.04. The van der Waals surface area contributed by atoms with Crippen molar-refractivity contribution in [3.8, 4) is 23.0 Å². The maximum Gasteiger partial charge on any atom is 0.255 e. The highest BCUT2D eigenvalue weighted by atomic mass is 32.2. The van der Waals surface area contributed by atoms with Gasteiger partial charge in [0.1, 0.15) is 11.6 Å². The Balaban J connectivity index is 1.68. The second-order valence-corrected chi connectivity index (χ2v) is 9.50. The Labute approximate surface area is 212 Å². The van der Waals surface area contributed by atoms with Gasteiger partial charge in [0, 0.05) is 22.5 Å². The molecule has 1 aliphatic heterocycles. The molecule has 0 aliphatic carbocycles. The van der Waals surface area contributed by atoms with Gasteiger partial charge in [-0.25, -0.2) is 9.97 Å². The molecule has 10 heteroatoms. The zero-order valence-corrected chi connectivity index (χ0v) is 20.6. The van der Waals surface area contributed by atoms with Crippen LogP contribution in [0.25, 0.3) is 17.2 Å². The average Bonchev–Trinajstić information content (AvgIpc) is 3.13. The largest absolute Gasteiger partial charge is 0.484 e. The normalized spacial score (nSPS) is 15.1. The van der Waals surface area contributed by atoms with Crippen molar-refractivity contribution in [1.29, 1.82) is 0 Å². The molecule has 1 atom stereocenters. The molecule has 4 aromatic rings. The van der Waals surface area contributed by atoms with Crippen LogP contribution in [0, 0.1) is 13.8 Å². The van der Waals surface area contributed by atoms with E-state index in [0.717, 1.165) is 33.8 Å². The van der Waals surface area contributed by atoms with Crippen LogP contribution < -0.4 is 15.8 Å². The zero-order valence-electron chi connectivity index (χ0n) is 19.8. The molecular formula is C26H24N6O3S. The SMILES string of the molecule is Cc1cc(C)nc(-n2nc(-c3ccccc3)c3c2NC(=O)CS[C@@H]3c2ccc(OCC(N)=O)cc2)n1. The third-order valence-corrected chi connectivity index (χ3v) is 6.86. The maximum absolute atomic E-state index is 12.8. The number of nitrogens with zero attached hydrogens (tertiary/aromatic N) is 4. The Bertz CT molecular complexity index is 1420. The molecule has 2 amide bonds. The zero-order chi connectivity index (χ0) is 25.2. The Hall–Kier alpha value is -4.18. The van der Waals surface area contributed by atoms with E-state index in [9.17, 15) is 9.59 Å². The number of nitrogens with two attached hydrogens (primary N) is 1. The van der Waals surface area contributed by atoms with Gasteiger partial charge >= 0.3 is 0 Å². The van der Waals surface area contributed by atoms with Crippen molar-refractivity contribution in [2.75, 3.05) is 17.7 Å². The molecule has 3 heterocycles. The molecule has 0 radical (unpaired) electrons. The number of anilines is 1. The van der Waals surface area contributed by atoms with Crippen LogP contribution in [0.1, 0.15) is 27.8 Å². The summed E-state index contributed by atoms with van der Waals surface area (Å²) in [6.07, 6.45) is 0. The number of amides is 2. The summed E-state index contributed by atoms with van der Waals surface area (Å²) in [5, 5.41) is 7.76. The molecule has 182 valence electrons. The third kappa shape index (κ3) is 4.80. The lowest BCUT2D eigenvalue weighted by atomic mass is 10.00. The van der Waals surface area contributed by atoms with Gasteiger partial charge in [-0.1, -0.05) is 42.5 Å². The molecule has 0 spiro atoms. The van der Waals surface area contributed by atoms with Crippen molar-refractivity contribution in [2.45, 2.75) is 19.1 Å². The van der Waals surface area contributed by atoms with Crippen LogP contribution in [0.4, 0.5) is 5.82 Å². The highest BCUT2D eigenvalue weighted by molar-refractivity contribution is 8.00. The fraction of sp³-hybridized carbons (Fsp3) is 0.192. The second kappa shape index (κ2) is 9.82. The first-order valence-electron chi connectivity index (χ1n) is 11.3. The van der Waals surface area contributed by atoms with Gasteiger partial charge in [0.15, 0.2) is 6.61 Å². The average molecular weight is 501 g/mol. The van der Waals surface area contributed by atoms with Gasteiger partial charge in [-0.15, -0.1) is 11.8 Å². The lowest BCUT2D eigenvalue weighted by Gasteiger charge is -2.17. The Morgan fingerprint density at radius 2 is 1.81 bits per heavy atom. The van der Waals surface area contributed by atoms with Crippen LogP contribution >= 0.6 is 11.8 Å². The van der Waals surface area contributed by atoms with Gasteiger partial charge in [-0.05, 0) is 37.6 Å². The predicted molar refractivity (Wildman–Crippen MR) is 138 cm³/mol. The maximum atomic E-state index is 12.8. The lowest BCUT2D eigenvalue weighted by molar-refractivity contribution is -0.120. The van der Waals surface area contributed by atoms with Crippen LogP contribution in [-0.2, 0) is 9.59 Å². The highest BCUT2D eigenvalue weighted by Gasteiger charge is 2.33.